The number of halogens is 1. The summed E-state index contributed by atoms with van der Waals surface area (Å²) < 4.78 is 36.7. The Hall–Kier alpha value is -0.940. The third kappa shape index (κ3) is 3.34. The fourth-order valence-corrected chi connectivity index (χ4v) is 4.71. The molecule has 1 aliphatic rings. The molecule has 0 radical (unpaired) electrons. The maximum Gasteiger partial charge on any atom is 0.152 e. The maximum atomic E-state index is 13.5. The molecular formula is C14H20FNO2S. The Balaban J connectivity index is 2.13. The molecule has 0 saturated carbocycles. The Kier molecular flexibility index (Phi) is 3.71. The Labute approximate surface area is 114 Å². The van der Waals surface area contributed by atoms with Crippen molar-refractivity contribution in [3.8, 4) is 0 Å². The molecule has 0 aromatic heterocycles. The molecular weight excluding hydrogens is 265 g/mol. The first kappa shape index (κ1) is 14.5. The third-order valence-electron chi connectivity index (χ3n) is 3.76. The highest BCUT2D eigenvalue weighted by atomic mass is 32.2. The lowest BCUT2D eigenvalue weighted by Crippen LogP contribution is -2.44. The van der Waals surface area contributed by atoms with Gasteiger partial charge in [-0.15, -0.1) is 0 Å². The second-order valence-electron chi connectivity index (χ2n) is 5.78. The summed E-state index contributed by atoms with van der Waals surface area (Å²) in [4.78, 5) is 0. The van der Waals surface area contributed by atoms with Crippen LogP contribution in [0, 0.1) is 12.7 Å². The SMILES string of the molecule is Cc1ccc(C(C)NC2(C)CCS(=O)(=O)C2)cc1F. The number of sulfone groups is 1. The lowest BCUT2D eigenvalue weighted by molar-refractivity contribution is 0.355. The van der Waals surface area contributed by atoms with Gasteiger partial charge >= 0.3 is 0 Å². The third-order valence-corrected chi connectivity index (χ3v) is 5.67. The zero-order chi connectivity index (χ0) is 14.3. The Morgan fingerprint density at radius 1 is 1.42 bits per heavy atom. The highest BCUT2D eigenvalue weighted by molar-refractivity contribution is 7.91. The number of nitrogens with one attached hydrogen (secondary N) is 1. The van der Waals surface area contributed by atoms with Gasteiger partial charge in [0.1, 0.15) is 5.82 Å². The lowest BCUT2D eigenvalue weighted by Gasteiger charge is -2.29. The Morgan fingerprint density at radius 3 is 2.63 bits per heavy atom. The first-order chi connectivity index (χ1) is 8.71. The van der Waals surface area contributed by atoms with Crippen molar-refractivity contribution in [3.05, 3.63) is 35.1 Å². The fraction of sp³-hybridized carbons (Fsp3) is 0.571. The van der Waals surface area contributed by atoms with Gasteiger partial charge in [-0.05, 0) is 44.4 Å². The summed E-state index contributed by atoms with van der Waals surface area (Å²) in [5.41, 5.74) is 1.04. The summed E-state index contributed by atoms with van der Waals surface area (Å²) in [5, 5.41) is 3.33. The van der Waals surface area contributed by atoms with Crippen LogP contribution in [0.5, 0.6) is 0 Å². The minimum absolute atomic E-state index is 0.0756. The smallest absolute Gasteiger partial charge is 0.152 e. The molecule has 1 aromatic carbocycles. The second-order valence-corrected chi connectivity index (χ2v) is 7.96. The molecule has 3 nitrogen and oxygen atoms in total. The predicted octanol–water partition coefficient (Wildman–Crippen LogP) is 2.36. The summed E-state index contributed by atoms with van der Waals surface area (Å²) in [6.45, 7) is 5.57. The zero-order valence-electron chi connectivity index (χ0n) is 11.5. The summed E-state index contributed by atoms with van der Waals surface area (Å²) in [7, 11) is -2.93. The van der Waals surface area contributed by atoms with Crippen LogP contribution in [-0.2, 0) is 9.84 Å². The van der Waals surface area contributed by atoms with Gasteiger partial charge in [0.2, 0.25) is 0 Å². The second kappa shape index (κ2) is 4.87. The summed E-state index contributed by atoms with van der Waals surface area (Å²) >= 11 is 0. The minimum atomic E-state index is -2.93. The van der Waals surface area contributed by atoms with Gasteiger partial charge in [-0.2, -0.15) is 0 Å². The van der Waals surface area contributed by atoms with Gasteiger partial charge in [-0.3, -0.25) is 0 Å². The number of benzene rings is 1. The molecule has 0 spiro atoms. The molecule has 1 N–H and O–H groups in total. The van der Waals surface area contributed by atoms with Crippen molar-refractivity contribution >= 4 is 9.84 Å². The van der Waals surface area contributed by atoms with Crippen molar-refractivity contribution in [2.45, 2.75) is 38.8 Å². The van der Waals surface area contributed by atoms with E-state index in [4.69, 9.17) is 0 Å². The first-order valence-electron chi connectivity index (χ1n) is 6.45. The molecule has 1 saturated heterocycles. The van der Waals surface area contributed by atoms with Gasteiger partial charge in [0.15, 0.2) is 9.84 Å². The molecule has 0 amide bonds. The van der Waals surface area contributed by atoms with E-state index in [-0.39, 0.29) is 23.4 Å². The van der Waals surface area contributed by atoms with Crippen LogP contribution in [0.15, 0.2) is 18.2 Å². The van der Waals surface area contributed by atoms with E-state index in [0.717, 1.165) is 5.56 Å². The molecule has 19 heavy (non-hydrogen) atoms. The molecule has 1 aliphatic heterocycles. The topological polar surface area (TPSA) is 46.2 Å². The lowest BCUT2D eigenvalue weighted by atomic mass is 9.98. The van der Waals surface area contributed by atoms with Crippen LogP contribution in [0.3, 0.4) is 0 Å². The predicted molar refractivity (Wildman–Crippen MR) is 74.4 cm³/mol. The van der Waals surface area contributed by atoms with Crippen molar-refractivity contribution in [2.24, 2.45) is 0 Å². The van der Waals surface area contributed by atoms with E-state index in [0.29, 0.717) is 12.0 Å². The van der Waals surface area contributed by atoms with Crippen LogP contribution in [0.1, 0.15) is 37.4 Å². The van der Waals surface area contributed by atoms with Gasteiger partial charge in [0.05, 0.1) is 11.5 Å². The van der Waals surface area contributed by atoms with E-state index < -0.39 is 15.4 Å². The van der Waals surface area contributed by atoms with Crippen LogP contribution < -0.4 is 5.32 Å². The van der Waals surface area contributed by atoms with Gasteiger partial charge < -0.3 is 5.32 Å². The molecule has 0 bridgehead atoms. The molecule has 1 fully saturated rings. The van der Waals surface area contributed by atoms with E-state index in [2.05, 4.69) is 5.32 Å². The van der Waals surface area contributed by atoms with Gasteiger partial charge in [-0.25, -0.2) is 12.8 Å². The molecule has 2 unspecified atom stereocenters. The number of hydrogen-bond acceptors (Lipinski definition) is 3. The summed E-state index contributed by atoms with van der Waals surface area (Å²) in [5.74, 6) is 0.153. The maximum absolute atomic E-state index is 13.5. The van der Waals surface area contributed by atoms with Crippen LogP contribution in [0.25, 0.3) is 0 Å². The van der Waals surface area contributed by atoms with E-state index in [1.807, 2.05) is 19.9 Å². The number of aryl methyl sites for hydroxylation is 1. The average Bonchev–Trinajstić information content (AvgIpc) is 2.56. The standard InChI is InChI=1S/C14H20FNO2S/c1-10-4-5-12(8-13(10)15)11(2)16-14(3)6-7-19(17,18)9-14/h4-5,8,11,16H,6-7,9H2,1-3H3. The fourth-order valence-electron chi connectivity index (χ4n) is 2.61. The van der Waals surface area contributed by atoms with Crippen molar-refractivity contribution in [1.82, 2.24) is 5.32 Å². The van der Waals surface area contributed by atoms with E-state index in [9.17, 15) is 12.8 Å². The molecule has 2 rings (SSSR count). The average molecular weight is 285 g/mol. The minimum Gasteiger partial charge on any atom is -0.304 e. The van der Waals surface area contributed by atoms with Crippen molar-refractivity contribution in [2.75, 3.05) is 11.5 Å². The van der Waals surface area contributed by atoms with Crippen LogP contribution in [0.2, 0.25) is 0 Å². The van der Waals surface area contributed by atoms with Gasteiger partial charge in [0.25, 0.3) is 0 Å². The number of rotatable bonds is 3. The number of hydrogen-bond donors (Lipinski definition) is 1. The Bertz CT molecular complexity index is 585. The van der Waals surface area contributed by atoms with E-state index in [1.54, 1.807) is 13.0 Å². The van der Waals surface area contributed by atoms with E-state index in [1.165, 1.54) is 6.07 Å². The van der Waals surface area contributed by atoms with Gasteiger partial charge in [0, 0.05) is 11.6 Å². The van der Waals surface area contributed by atoms with E-state index >= 15 is 0 Å². The van der Waals surface area contributed by atoms with Crippen molar-refractivity contribution in [3.63, 3.8) is 0 Å². The first-order valence-corrected chi connectivity index (χ1v) is 8.27. The van der Waals surface area contributed by atoms with Gasteiger partial charge in [-0.1, -0.05) is 12.1 Å². The molecule has 5 heteroatoms. The van der Waals surface area contributed by atoms with Crippen LogP contribution in [0.4, 0.5) is 4.39 Å². The molecule has 106 valence electrons. The molecule has 1 heterocycles. The van der Waals surface area contributed by atoms with Crippen LogP contribution in [-0.4, -0.2) is 25.5 Å². The molecule has 2 atom stereocenters. The normalized spacial score (nSPS) is 27.4. The highest BCUT2D eigenvalue weighted by Crippen LogP contribution is 2.27. The largest absolute Gasteiger partial charge is 0.304 e. The Morgan fingerprint density at radius 2 is 2.11 bits per heavy atom. The monoisotopic (exact) mass is 285 g/mol. The zero-order valence-corrected chi connectivity index (χ0v) is 12.3. The summed E-state index contributed by atoms with van der Waals surface area (Å²) in [6, 6.07) is 5.06. The highest BCUT2D eigenvalue weighted by Gasteiger charge is 2.39. The quantitative estimate of drug-likeness (QED) is 0.927. The molecule has 1 aromatic rings. The van der Waals surface area contributed by atoms with Crippen molar-refractivity contribution < 1.29 is 12.8 Å². The summed E-state index contributed by atoms with van der Waals surface area (Å²) in [6.07, 6.45) is 0.605. The van der Waals surface area contributed by atoms with Crippen LogP contribution >= 0.6 is 0 Å². The van der Waals surface area contributed by atoms with Crippen molar-refractivity contribution in [1.29, 1.82) is 0 Å². The molecule has 0 aliphatic carbocycles.